The van der Waals surface area contributed by atoms with Crippen LogP contribution in [0.25, 0.3) is 10.8 Å². The SMILES string of the molecule is Cc1cccc(N=Nc2c(O)ccc3cc(S(=O)(=O)[O-])ccc23)c1C.[Na+]. The monoisotopic (exact) mass is 378 g/mol. The molecule has 0 spiro atoms. The smallest absolute Gasteiger partial charge is 0.744 e. The maximum Gasteiger partial charge on any atom is 1.00 e. The molecule has 0 aliphatic carbocycles. The van der Waals surface area contributed by atoms with E-state index in [1.54, 1.807) is 0 Å². The molecule has 0 atom stereocenters. The van der Waals surface area contributed by atoms with Crippen molar-refractivity contribution in [3.63, 3.8) is 0 Å². The summed E-state index contributed by atoms with van der Waals surface area (Å²) < 4.78 is 33.5. The van der Waals surface area contributed by atoms with E-state index in [0.717, 1.165) is 11.1 Å². The van der Waals surface area contributed by atoms with E-state index < -0.39 is 10.1 Å². The number of phenolic OH excluding ortho intramolecular Hbond substituents is 1. The molecular formula is C18H15N2NaO4S. The van der Waals surface area contributed by atoms with Crippen molar-refractivity contribution in [2.45, 2.75) is 18.7 Å². The van der Waals surface area contributed by atoms with Crippen LogP contribution in [0.15, 0.2) is 63.7 Å². The van der Waals surface area contributed by atoms with E-state index in [4.69, 9.17) is 0 Å². The minimum Gasteiger partial charge on any atom is -0.744 e. The summed E-state index contributed by atoms with van der Waals surface area (Å²) in [5, 5.41) is 19.4. The van der Waals surface area contributed by atoms with Crippen molar-refractivity contribution < 1.29 is 47.6 Å². The molecule has 26 heavy (non-hydrogen) atoms. The molecule has 1 N–H and O–H groups in total. The van der Waals surface area contributed by atoms with Gasteiger partial charge < -0.3 is 9.66 Å². The Morgan fingerprint density at radius 1 is 1.00 bits per heavy atom. The minimum atomic E-state index is -4.55. The van der Waals surface area contributed by atoms with Gasteiger partial charge >= 0.3 is 29.6 Å². The third-order valence-electron chi connectivity index (χ3n) is 4.06. The molecule has 0 aliphatic rings. The molecule has 0 radical (unpaired) electrons. The fourth-order valence-corrected chi connectivity index (χ4v) is 2.99. The van der Waals surface area contributed by atoms with Crippen LogP contribution in [-0.2, 0) is 10.1 Å². The molecule has 0 amide bonds. The van der Waals surface area contributed by atoms with Crippen LogP contribution in [-0.4, -0.2) is 18.1 Å². The molecule has 0 unspecified atom stereocenters. The average molecular weight is 378 g/mol. The molecule has 0 saturated carbocycles. The molecule has 0 saturated heterocycles. The largest absolute Gasteiger partial charge is 1.00 e. The maximum atomic E-state index is 11.2. The third-order valence-corrected chi connectivity index (χ3v) is 4.90. The zero-order valence-corrected chi connectivity index (χ0v) is 17.4. The van der Waals surface area contributed by atoms with Gasteiger partial charge in [-0.1, -0.05) is 24.3 Å². The van der Waals surface area contributed by atoms with E-state index >= 15 is 0 Å². The minimum absolute atomic E-state index is 0. The first-order valence-electron chi connectivity index (χ1n) is 7.47. The second-order valence-corrected chi connectivity index (χ2v) is 7.07. The number of hydrogen-bond donors (Lipinski definition) is 1. The van der Waals surface area contributed by atoms with Crippen molar-refractivity contribution in [1.29, 1.82) is 0 Å². The Labute approximate surface area is 173 Å². The van der Waals surface area contributed by atoms with Crippen LogP contribution in [0.3, 0.4) is 0 Å². The van der Waals surface area contributed by atoms with Gasteiger partial charge in [0.05, 0.1) is 10.6 Å². The Balaban J connectivity index is 0.00000243. The second-order valence-electron chi connectivity index (χ2n) is 5.69. The van der Waals surface area contributed by atoms with Gasteiger partial charge in [0.25, 0.3) is 0 Å². The zero-order chi connectivity index (χ0) is 18.2. The van der Waals surface area contributed by atoms with Gasteiger partial charge in [0.1, 0.15) is 21.6 Å². The van der Waals surface area contributed by atoms with E-state index in [1.165, 1.54) is 30.3 Å². The molecule has 3 aromatic rings. The van der Waals surface area contributed by atoms with Gasteiger partial charge in [0, 0.05) is 5.39 Å². The number of benzene rings is 3. The van der Waals surface area contributed by atoms with Crippen LogP contribution in [0.1, 0.15) is 11.1 Å². The van der Waals surface area contributed by atoms with E-state index in [0.29, 0.717) is 16.5 Å². The van der Waals surface area contributed by atoms with Crippen LogP contribution < -0.4 is 29.6 Å². The molecule has 0 fully saturated rings. The Kier molecular flexibility index (Phi) is 6.21. The summed E-state index contributed by atoms with van der Waals surface area (Å²) in [6, 6.07) is 12.5. The average Bonchev–Trinajstić information content (AvgIpc) is 2.56. The number of phenols is 1. The standard InChI is InChI=1S/C18H16N2O4S.Na/c1-11-4-3-5-16(12(11)2)19-20-18-15-8-7-14(25(22,23)24)10-13(15)6-9-17(18)21;/h3-10,21H,1-2H3,(H,22,23,24);/q;+1/p-1. The van der Waals surface area contributed by atoms with Gasteiger partial charge in [-0.05, 0) is 54.6 Å². The van der Waals surface area contributed by atoms with Crippen LogP contribution in [0.2, 0.25) is 0 Å². The van der Waals surface area contributed by atoms with Gasteiger partial charge in [-0.3, -0.25) is 0 Å². The van der Waals surface area contributed by atoms with Crippen LogP contribution >= 0.6 is 0 Å². The molecule has 3 aromatic carbocycles. The molecule has 8 heteroatoms. The second kappa shape index (κ2) is 7.85. The van der Waals surface area contributed by atoms with Crippen molar-refractivity contribution in [3.8, 4) is 5.75 Å². The van der Waals surface area contributed by atoms with Gasteiger partial charge in [0.15, 0.2) is 0 Å². The number of nitrogens with zero attached hydrogens (tertiary/aromatic N) is 2. The van der Waals surface area contributed by atoms with Crippen molar-refractivity contribution >= 4 is 32.3 Å². The number of fused-ring (bicyclic) bond motifs is 1. The fourth-order valence-electron chi connectivity index (χ4n) is 2.49. The van der Waals surface area contributed by atoms with Crippen LogP contribution in [0, 0.1) is 13.8 Å². The first kappa shape index (κ1) is 20.5. The normalized spacial score (nSPS) is 11.7. The topological polar surface area (TPSA) is 102 Å². The first-order chi connectivity index (χ1) is 11.8. The van der Waals surface area contributed by atoms with Gasteiger partial charge in [0.2, 0.25) is 0 Å². The molecule has 6 nitrogen and oxygen atoms in total. The Hall–Kier alpha value is -1.77. The summed E-state index contributed by atoms with van der Waals surface area (Å²) in [4.78, 5) is -0.330. The molecule has 0 heterocycles. The first-order valence-corrected chi connectivity index (χ1v) is 8.88. The number of azo groups is 1. The summed E-state index contributed by atoms with van der Waals surface area (Å²) in [6.07, 6.45) is 0. The van der Waals surface area contributed by atoms with E-state index in [9.17, 15) is 18.1 Å². The summed E-state index contributed by atoms with van der Waals surface area (Å²) in [5.74, 6) is -0.0840. The van der Waals surface area contributed by atoms with Crippen molar-refractivity contribution in [3.05, 3.63) is 59.7 Å². The van der Waals surface area contributed by atoms with Gasteiger partial charge in [-0.25, -0.2) is 8.42 Å². The Morgan fingerprint density at radius 2 is 1.73 bits per heavy atom. The van der Waals surface area contributed by atoms with Gasteiger partial charge in [-0.2, -0.15) is 5.11 Å². The molecule has 0 bridgehead atoms. The van der Waals surface area contributed by atoms with Crippen LogP contribution in [0.4, 0.5) is 11.4 Å². The van der Waals surface area contributed by atoms with E-state index in [2.05, 4.69) is 10.2 Å². The quantitative estimate of drug-likeness (QED) is 0.424. The fraction of sp³-hybridized carbons (Fsp3) is 0.111. The number of aryl methyl sites for hydroxylation is 1. The molecule has 0 aromatic heterocycles. The maximum absolute atomic E-state index is 11.2. The van der Waals surface area contributed by atoms with Crippen molar-refractivity contribution in [2.24, 2.45) is 10.2 Å². The zero-order valence-electron chi connectivity index (χ0n) is 14.6. The van der Waals surface area contributed by atoms with Gasteiger partial charge in [-0.15, -0.1) is 5.11 Å². The summed E-state index contributed by atoms with van der Waals surface area (Å²) in [5.41, 5.74) is 2.94. The third kappa shape index (κ3) is 4.13. The summed E-state index contributed by atoms with van der Waals surface area (Å²) >= 11 is 0. The van der Waals surface area contributed by atoms with Crippen molar-refractivity contribution in [1.82, 2.24) is 0 Å². The predicted octanol–water partition coefficient (Wildman–Crippen LogP) is 1.49. The molecule has 0 aliphatic heterocycles. The molecule has 128 valence electrons. The van der Waals surface area contributed by atoms with E-state index in [-0.39, 0.29) is 45.9 Å². The molecule has 3 rings (SSSR count). The predicted molar refractivity (Wildman–Crippen MR) is 93.7 cm³/mol. The number of hydrogen-bond acceptors (Lipinski definition) is 6. The Morgan fingerprint density at radius 3 is 2.42 bits per heavy atom. The molecular weight excluding hydrogens is 363 g/mol. The summed E-state index contributed by atoms with van der Waals surface area (Å²) in [7, 11) is -4.55. The Bertz CT molecular complexity index is 1110. The van der Waals surface area contributed by atoms with Crippen LogP contribution in [0.5, 0.6) is 5.75 Å². The van der Waals surface area contributed by atoms with E-state index in [1.807, 2.05) is 32.0 Å². The number of aromatic hydroxyl groups is 1. The number of rotatable bonds is 3. The van der Waals surface area contributed by atoms with Crippen molar-refractivity contribution in [2.75, 3.05) is 0 Å². The summed E-state index contributed by atoms with van der Waals surface area (Å²) in [6.45, 7) is 3.90.